The minimum Gasteiger partial charge on any atom is -0.366 e. The molecule has 5 nitrogen and oxygen atoms in total. The van der Waals surface area contributed by atoms with Crippen LogP contribution < -0.4 is 10.5 Å². The molecule has 0 radical (unpaired) electrons. The van der Waals surface area contributed by atoms with Crippen LogP contribution in [0.3, 0.4) is 0 Å². The van der Waals surface area contributed by atoms with Crippen LogP contribution in [0.1, 0.15) is 16.7 Å². The maximum absolute atomic E-state index is 12.7. The van der Waals surface area contributed by atoms with E-state index in [0.29, 0.717) is 6.54 Å². The molecule has 0 unspecified atom stereocenters. The Labute approximate surface area is 176 Å². The molecule has 0 aliphatic carbocycles. The Hall–Kier alpha value is -2.63. The molecule has 6 heteroatoms. The molecule has 4 rings (SSSR count). The first-order chi connectivity index (χ1) is 14.1. The number of nitrogens with zero attached hydrogens (tertiary/aromatic N) is 4. The van der Waals surface area contributed by atoms with Gasteiger partial charge in [0, 0.05) is 32.7 Å². The van der Waals surface area contributed by atoms with Gasteiger partial charge in [0.2, 0.25) is 0 Å². The second-order valence-corrected chi connectivity index (χ2v) is 7.86. The Morgan fingerprint density at radius 1 is 0.931 bits per heavy atom. The summed E-state index contributed by atoms with van der Waals surface area (Å²) in [6.07, 6.45) is 1.73. The fraction of sp³-hybridized carbons (Fsp3) is 0.304. The van der Waals surface area contributed by atoms with Crippen LogP contribution in [0.25, 0.3) is 0 Å². The Bertz CT molecular complexity index is 1030. The number of benzene rings is 2. The van der Waals surface area contributed by atoms with Gasteiger partial charge in [-0.25, -0.2) is 4.68 Å². The van der Waals surface area contributed by atoms with Gasteiger partial charge in [-0.3, -0.25) is 9.69 Å². The minimum atomic E-state index is -0.240. The average Bonchev–Trinajstić information content (AvgIpc) is 2.75. The average molecular weight is 409 g/mol. The van der Waals surface area contributed by atoms with Crippen LogP contribution in [0.15, 0.2) is 65.6 Å². The predicted molar refractivity (Wildman–Crippen MR) is 118 cm³/mol. The molecular weight excluding hydrogens is 384 g/mol. The molecule has 0 spiro atoms. The fourth-order valence-electron chi connectivity index (χ4n) is 3.72. The van der Waals surface area contributed by atoms with Gasteiger partial charge < -0.3 is 4.90 Å². The molecule has 1 aliphatic rings. The van der Waals surface area contributed by atoms with E-state index in [1.54, 1.807) is 6.20 Å². The molecule has 0 N–H and O–H groups in total. The van der Waals surface area contributed by atoms with Crippen molar-refractivity contribution in [3.63, 3.8) is 0 Å². The summed E-state index contributed by atoms with van der Waals surface area (Å²) in [5.74, 6) is 0. The first-order valence-corrected chi connectivity index (χ1v) is 10.3. The number of hydrogen-bond acceptors (Lipinski definition) is 4. The van der Waals surface area contributed by atoms with Crippen LogP contribution >= 0.6 is 11.6 Å². The molecule has 2 aromatic carbocycles. The SMILES string of the molecule is Cc1ccccc1CN1CCN(c2cnn(Cc3ccccc3)c(=O)c2Cl)CC1. The molecule has 1 saturated heterocycles. The minimum absolute atomic E-state index is 0.240. The van der Waals surface area contributed by atoms with Gasteiger partial charge in [-0.05, 0) is 23.6 Å². The van der Waals surface area contributed by atoms with Crippen molar-refractivity contribution in [2.75, 3.05) is 31.1 Å². The summed E-state index contributed by atoms with van der Waals surface area (Å²) in [6, 6.07) is 18.3. The fourth-order valence-corrected chi connectivity index (χ4v) is 3.99. The molecule has 29 heavy (non-hydrogen) atoms. The van der Waals surface area contributed by atoms with Crippen LogP contribution in [0.2, 0.25) is 5.02 Å². The third-order valence-corrected chi connectivity index (χ3v) is 5.87. The highest BCUT2D eigenvalue weighted by molar-refractivity contribution is 6.33. The second kappa shape index (κ2) is 8.80. The Morgan fingerprint density at radius 2 is 1.62 bits per heavy atom. The zero-order valence-corrected chi connectivity index (χ0v) is 17.3. The van der Waals surface area contributed by atoms with Crippen LogP contribution in [-0.2, 0) is 13.1 Å². The lowest BCUT2D eigenvalue weighted by molar-refractivity contribution is 0.249. The zero-order chi connectivity index (χ0) is 20.2. The van der Waals surface area contributed by atoms with E-state index in [9.17, 15) is 4.79 Å². The topological polar surface area (TPSA) is 41.4 Å². The molecule has 0 saturated carbocycles. The quantitative estimate of drug-likeness (QED) is 0.647. The van der Waals surface area contributed by atoms with Crippen LogP contribution in [-0.4, -0.2) is 40.9 Å². The predicted octanol–water partition coefficient (Wildman–Crippen LogP) is 3.58. The molecule has 0 bridgehead atoms. The van der Waals surface area contributed by atoms with Crippen LogP contribution in [0.4, 0.5) is 5.69 Å². The Balaban J connectivity index is 1.43. The summed E-state index contributed by atoms with van der Waals surface area (Å²) < 4.78 is 1.43. The normalized spacial score (nSPS) is 14.9. The molecular formula is C23H25ClN4O. The number of piperazine rings is 1. The summed E-state index contributed by atoms with van der Waals surface area (Å²) in [4.78, 5) is 17.3. The first-order valence-electron chi connectivity index (χ1n) is 9.93. The maximum Gasteiger partial charge on any atom is 0.287 e. The van der Waals surface area contributed by atoms with E-state index in [2.05, 4.69) is 46.1 Å². The molecule has 2 heterocycles. The number of rotatable bonds is 5. The lowest BCUT2D eigenvalue weighted by atomic mass is 10.1. The van der Waals surface area contributed by atoms with Gasteiger partial charge in [-0.1, -0.05) is 66.2 Å². The lowest BCUT2D eigenvalue weighted by Gasteiger charge is -2.36. The Kier molecular flexibility index (Phi) is 5.97. The number of aryl methyl sites for hydroxylation is 1. The van der Waals surface area contributed by atoms with Crippen molar-refractivity contribution in [1.82, 2.24) is 14.7 Å². The van der Waals surface area contributed by atoms with Gasteiger partial charge in [-0.2, -0.15) is 5.10 Å². The van der Waals surface area contributed by atoms with E-state index in [4.69, 9.17) is 11.6 Å². The van der Waals surface area contributed by atoms with Crippen LogP contribution in [0.5, 0.6) is 0 Å². The number of aromatic nitrogens is 2. The Morgan fingerprint density at radius 3 is 2.34 bits per heavy atom. The van der Waals surface area contributed by atoms with E-state index < -0.39 is 0 Å². The largest absolute Gasteiger partial charge is 0.366 e. The van der Waals surface area contributed by atoms with Crippen molar-refractivity contribution < 1.29 is 0 Å². The molecule has 150 valence electrons. The van der Waals surface area contributed by atoms with E-state index in [-0.39, 0.29) is 10.6 Å². The summed E-state index contributed by atoms with van der Waals surface area (Å²) in [6.45, 7) is 7.04. The molecule has 1 aliphatic heterocycles. The lowest BCUT2D eigenvalue weighted by Crippen LogP contribution is -2.46. The van der Waals surface area contributed by atoms with E-state index in [1.807, 2.05) is 30.3 Å². The summed E-state index contributed by atoms with van der Waals surface area (Å²) in [5.41, 5.74) is 4.20. The summed E-state index contributed by atoms with van der Waals surface area (Å²) >= 11 is 6.46. The molecule has 3 aromatic rings. The van der Waals surface area contributed by atoms with Crippen molar-refractivity contribution in [2.24, 2.45) is 0 Å². The van der Waals surface area contributed by atoms with Crippen LogP contribution in [0, 0.1) is 6.92 Å². The van der Waals surface area contributed by atoms with E-state index >= 15 is 0 Å². The van der Waals surface area contributed by atoms with Crippen molar-refractivity contribution in [1.29, 1.82) is 0 Å². The van der Waals surface area contributed by atoms with Gasteiger partial charge in [0.15, 0.2) is 0 Å². The highest BCUT2D eigenvalue weighted by Crippen LogP contribution is 2.23. The highest BCUT2D eigenvalue weighted by atomic mass is 35.5. The second-order valence-electron chi connectivity index (χ2n) is 7.48. The molecule has 1 fully saturated rings. The molecule has 0 atom stereocenters. The number of hydrogen-bond donors (Lipinski definition) is 0. The van der Waals surface area contributed by atoms with Gasteiger partial charge >= 0.3 is 0 Å². The third kappa shape index (κ3) is 4.52. The third-order valence-electron chi connectivity index (χ3n) is 5.51. The van der Waals surface area contributed by atoms with Crippen molar-refractivity contribution in [3.05, 3.63) is 92.9 Å². The van der Waals surface area contributed by atoms with Gasteiger partial charge in [0.1, 0.15) is 5.02 Å². The zero-order valence-electron chi connectivity index (χ0n) is 16.6. The van der Waals surface area contributed by atoms with Crippen molar-refractivity contribution in [2.45, 2.75) is 20.0 Å². The van der Waals surface area contributed by atoms with E-state index in [0.717, 1.165) is 44.0 Å². The smallest absolute Gasteiger partial charge is 0.287 e. The molecule has 1 aromatic heterocycles. The van der Waals surface area contributed by atoms with Gasteiger partial charge in [0.25, 0.3) is 5.56 Å². The van der Waals surface area contributed by atoms with Gasteiger partial charge in [-0.15, -0.1) is 0 Å². The monoisotopic (exact) mass is 408 g/mol. The standard InChI is InChI=1S/C23H25ClN4O/c1-18-7-5-6-10-20(18)17-26-11-13-27(14-12-26)21-15-25-28(23(29)22(21)24)16-19-8-3-2-4-9-19/h2-10,15H,11-14,16-17H2,1H3. The summed E-state index contributed by atoms with van der Waals surface area (Å²) in [7, 11) is 0. The highest BCUT2D eigenvalue weighted by Gasteiger charge is 2.21. The van der Waals surface area contributed by atoms with Crippen molar-refractivity contribution in [3.8, 4) is 0 Å². The number of anilines is 1. The molecule has 0 amide bonds. The van der Waals surface area contributed by atoms with E-state index in [1.165, 1.54) is 15.8 Å². The van der Waals surface area contributed by atoms with Gasteiger partial charge in [0.05, 0.1) is 18.4 Å². The van der Waals surface area contributed by atoms with Crippen molar-refractivity contribution >= 4 is 17.3 Å². The first kappa shape index (κ1) is 19.7. The number of halogens is 1. The summed E-state index contributed by atoms with van der Waals surface area (Å²) in [5, 5.41) is 4.63. The maximum atomic E-state index is 12.7.